The second-order valence-corrected chi connectivity index (χ2v) is 7.65. The van der Waals surface area contributed by atoms with Gasteiger partial charge in [-0.3, -0.25) is 9.59 Å². The molecule has 30 heavy (non-hydrogen) atoms. The van der Waals surface area contributed by atoms with Gasteiger partial charge in [0.15, 0.2) is 16.6 Å². The van der Waals surface area contributed by atoms with Crippen LogP contribution in [0.1, 0.15) is 17.4 Å². The number of fused-ring (bicyclic) bond motifs is 2. The van der Waals surface area contributed by atoms with Crippen LogP contribution in [-0.2, 0) is 4.79 Å². The Bertz CT molecular complexity index is 1210. The Morgan fingerprint density at radius 2 is 1.93 bits per heavy atom. The number of hydrogen-bond donors (Lipinski definition) is 3. The molecular weight excluding hydrogens is 404 g/mol. The maximum Gasteiger partial charge on any atom is 0.268 e. The Morgan fingerprint density at radius 1 is 1.13 bits per heavy atom. The van der Waals surface area contributed by atoms with Crippen molar-refractivity contribution in [3.05, 3.63) is 48.2 Å². The van der Waals surface area contributed by atoms with Crippen molar-refractivity contribution >= 4 is 49.4 Å². The monoisotopic (exact) mass is 424 g/mol. The first-order valence-corrected chi connectivity index (χ1v) is 10.0. The first-order chi connectivity index (χ1) is 14.5. The zero-order valence-corrected chi connectivity index (χ0v) is 17.4. The normalized spacial score (nSPS) is 12.0. The minimum atomic E-state index is -0.757. The number of carbonyl (C=O) groups excluding carboxylic acids is 2. The number of aromatic amines is 1. The number of rotatable bonds is 6. The molecule has 0 aliphatic carbocycles. The molecule has 1 unspecified atom stereocenters. The zero-order valence-electron chi connectivity index (χ0n) is 16.6. The van der Waals surface area contributed by atoms with Crippen molar-refractivity contribution in [3.63, 3.8) is 0 Å². The number of H-pyrrole nitrogens is 1. The van der Waals surface area contributed by atoms with Crippen LogP contribution in [0.4, 0.5) is 5.13 Å². The van der Waals surface area contributed by atoms with Gasteiger partial charge in [0.1, 0.15) is 11.7 Å². The number of aromatic nitrogens is 2. The van der Waals surface area contributed by atoms with Gasteiger partial charge in [-0.05, 0) is 37.3 Å². The summed E-state index contributed by atoms with van der Waals surface area (Å²) in [6.45, 7) is 1.62. The number of nitrogens with zero attached hydrogens (tertiary/aromatic N) is 1. The van der Waals surface area contributed by atoms with Crippen LogP contribution in [-0.4, -0.2) is 42.0 Å². The number of methoxy groups -OCH3 is 2. The summed E-state index contributed by atoms with van der Waals surface area (Å²) in [7, 11) is 3.09. The van der Waals surface area contributed by atoms with Gasteiger partial charge >= 0.3 is 0 Å². The highest BCUT2D eigenvalue weighted by Gasteiger charge is 2.20. The van der Waals surface area contributed by atoms with Crippen molar-refractivity contribution in [2.24, 2.45) is 0 Å². The summed E-state index contributed by atoms with van der Waals surface area (Å²) in [5, 5.41) is 6.66. The lowest BCUT2D eigenvalue weighted by molar-refractivity contribution is -0.117. The van der Waals surface area contributed by atoms with Crippen LogP contribution in [0, 0.1) is 0 Å². The van der Waals surface area contributed by atoms with Crippen LogP contribution in [0.5, 0.6) is 11.5 Å². The summed E-state index contributed by atoms with van der Waals surface area (Å²) in [6, 6.07) is 12.1. The fraction of sp³-hybridized carbons (Fsp3) is 0.190. The van der Waals surface area contributed by atoms with Gasteiger partial charge in [-0.1, -0.05) is 23.5 Å². The third-order valence-corrected chi connectivity index (χ3v) is 5.60. The molecule has 3 N–H and O–H groups in total. The van der Waals surface area contributed by atoms with Crippen LogP contribution in [0.3, 0.4) is 0 Å². The second-order valence-electron chi connectivity index (χ2n) is 6.62. The molecule has 0 aliphatic rings. The van der Waals surface area contributed by atoms with Gasteiger partial charge in [0.2, 0.25) is 5.91 Å². The average molecular weight is 424 g/mol. The predicted molar refractivity (Wildman–Crippen MR) is 117 cm³/mol. The van der Waals surface area contributed by atoms with Gasteiger partial charge in [-0.2, -0.15) is 0 Å². The third-order valence-electron chi connectivity index (χ3n) is 4.65. The second kappa shape index (κ2) is 8.03. The van der Waals surface area contributed by atoms with E-state index in [1.165, 1.54) is 11.3 Å². The highest BCUT2D eigenvalue weighted by Crippen LogP contribution is 2.35. The zero-order chi connectivity index (χ0) is 21.3. The highest BCUT2D eigenvalue weighted by molar-refractivity contribution is 7.22. The summed E-state index contributed by atoms with van der Waals surface area (Å²) in [6.07, 6.45) is 0. The van der Waals surface area contributed by atoms with Crippen molar-refractivity contribution in [2.75, 3.05) is 19.5 Å². The standard InChI is InChI=1S/C21H20N4O4S/c1-11(19(26)25-21-24-14-6-4-5-7-17(14)30-21)22-20(27)15-10-12-13(23-15)8-9-16(28-2)18(12)29-3/h4-11,23H,1-3H3,(H,22,27)(H,24,25,26). The van der Waals surface area contributed by atoms with E-state index in [2.05, 4.69) is 20.6 Å². The molecule has 1 atom stereocenters. The number of carbonyl (C=O) groups is 2. The molecule has 0 bridgehead atoms. The number of amides is 2. The minimum Gasteiger partial charge on any atom is -0.493 e. The summed E-state index contributed by atoms with van der Waals surface area (Å²) in [4.78, 5) is 32.6. The van der Waals surface area contributed by atoms with E-state index in [4.69, 9.17) is 9.47 Å². The van der Waals surface area contributed by atoms with Crippen LogP contribution in [0.2, 0.25) is 0 Å². The lowest BCUT2D eigenvalue weighted by Crippen LogP contribution is -2.41. The quantitative estimate of drug-likeness (QED) is 0.439. The highest BCUT2D eigenvalue weighted by atomic mass is 32.1. The molecule has 9 heteroatoms. The minimum absolute atomic E-state index is 0.316. The van der Waals surface area contributed by atoms with Crippen molar-refractivity contribution < 1.29 is 19.1 Å². The Morgan fingerprint density at radius 3 is 2.67 bits per heavy atom. The van der Waals surface area contributed by atoms with Crippen molar-refractivity contribution in [3.8, 4) is 11.5 Å². The maximum atomic E-state index is 12.7. The number of thiazole rings is 1. The van der Waals surface area contributed by atoms with Crippen LogP contribution in [0.25, 0.3) is 21.1 Å². The van der Waals surface area contributed by atoms with Crippen LogP contribution in [0.15, 0.2) is 42.5 Å². The predicted octanol–water partition coefficient (Wildman–Crippen LogP) is 3.55. The number of ether oxygens (including phenoxy) is 2. The molecule has 0 radical (unpaired) electrons. The molecule has 2 heterocycles. The van der Waals surface area contributed by atoms with E-state index in [9.17, 15) is 9.59 Å². The fourth-order valence-electron chi connectivity index (χ4n) is 3.13. The molecule has 4 aromatic rings. The molecule has 4 rings (SSSR count). The topological polar surface area (TPSA) is 105 Å². The summed E-state index contributed by atoms with van der Waals surface area (Å²) in [5.74, 6) is 0.350. The lowest BCUT2D eigenvalue weighted by atomic mass is 10.2. The molecule has 0 spiro atoms. The number of anilines is 1. The number of para-hydroxylation sites is 1. The van der Waals surface area contributed by atoms with E-state index < -0.39 is 11.9 Å². The number of benzene rings is 2. The number of nitrogens with one attached hydrogen (secondary N) is 3. The van der Waals surface area contributed by atoms with Gasteiger partial charge < -0.3 is 25.1 Å². The van der Waals surface area contributed by atoms with Gasteiger partial charge in [-0.15, -0.1) is 0 Å². The molecule has 2 amide bonds. The molecule has 0 saturated heterocycles. The Labute approximate surface area is 176 Å². The summed E-state index contributed by atoms with van der Waals surface area (Å²) in [5.41, 5.74) is 1.86. The third kappa shape index (κ3) is 3.67. The van der Waals surface area contributed by atoms with Crippen LogP contribution < -0.4 is 20.1 Å². The molecule has 2 aromatic heterocycles. The van der Waals surface area contributed by atoms with E-state index >= 15 is 0 Å². The summed E-state index contributed by atoms with van der Waals surface area (Å²) >= 11 is 1.38. The lowest BCUT2D eigenvalue weighted by Gasteiger charge is -2.12. The molecule has 2 aromatic carbocycles. The molecular formula is C21H20N4O4S. The van der Waals surface area contributed by atoms with Gasteiger partial charge in [0.05, 0.1) is 30.0 Å². The first-order valence-electron chi connectivity index (χ1n) is 9.21. The number of hydrogen-bond acceptors (Lipinski definition) is 6. The van der Waals surface area contributed by atoms with E-state index in [0.29, 0.717) is 27.7 Å². The first kappa shape index (κ1) is 19.7. The maximum absolute atomic E-state index is 12.7. The van der Waals surface area contributed by atoms with Crippen molar-refractivity contribution in [1.29, 1.82) is 0 Å². The Hall–Kier alpha value is -3.59. The average Bonchev–Trinajstić information content (AvgIpc) is 3.36. The SMILES string of the molecule is COc1ccc2[nH]c(C(=O)NC(C)C(=O)Nc3nc4ccccc4s3)cc2c1OC. The van der Waals surface area contributed by atoms with Crippen molar-refractivity contribution in [1.82, 2.24) is 15.3 Å². The Balaban J connectivity index is 1.48. The van der Waals surface area contributed by atoms with E-state index in [-0.39, 0.29) is 5.91 Å². The molecule has 0 aliphatic heterocycles. The fourth-order valence-corrected chi connectivity index (χ4v) is 4.00. The van der Waals surface area contributed by atoms with Gasteiger partial charge in [0.25, 0.3) is 5.91 Å². The smallest absolute Gasteiger partial charge is 0.268 e. The summed E-state index contributed by atoms with van der Waals surface area (Å²) < 4.78 is 11.7. The van der Waals surface area contributed by atoms with Crippen LogP contribution >= 0.6 is 11.3 Å². The van der Waals surface area contributed by atoms with Gasteiger partial charge in [-0.25, -0.2) is 4.98 Å². The molecule has 8 nitrogen and oxygen atoms in total. The Kier molecular flexibility index (Phi) is 5.28. The molecule has 0 saturated carbocycles. The van der Waals surface area contributed by atoms with E-state index in [0.717, 1.165) is 15.7 Å². The van der Waals surface area contributed by atoms with Crippen molar-refractivity contribution in [2.45, 2.75) is 13.0 Å². The van der Waals surface area contributed by atoms with Gasteiger partial charge in [0, 0.05) is 5.39 Å². The van der Waals surface area contributed by atoms with E-state index in [1.807, 2.05) is 24.3 Å². The van der Waals surface area contributed by atoms with E-state index in [1.54, 1.807) is 39.3 Å². The largest absolute Gasteiger partial charge is 0.493 e. The molecule has 0 fully saturated rings. The molecule has 154 valence electrons.